The van der Waals surface area contributed by atoms with Crippen LogP contribution in [0.4, 0.5) is 4.39 Å². The van der Waals surface area contributed by atoms with Gasteiger partial charge >= 0.3 is 0 Å². The standard InChI is InChI=1S/C7H5BrFI/c8-4-5-1-2-7(10)6(9)3-5/h1-3H,4H2. The minimum absolute atomic E-state index is 0.141. The molecule has 54 valence electrons. The highest BCUT2D eigenvalue weighted by Crippen LogP contribution is 2.14. The van der Waals surface area contributed by atoms with Crippen LogP contribution in [0.25, 0.3) is 0 Å². The molecule has 0 aliphatic carbocycles. The molecular weight excluding hydrogens is 310 g/mol. The summed E-state index contributed by atoms with van der Waals surface area (Å²) in [7, 11) is 0. The normalized spacial score (nSPS) is 9.90. The first-order valence-electron chi connectivity index (χ1n) is 2.74. The van der Waals surface area contributed by atoms with Crippen molar-refractivity contribution >= 4 is 38.5 Å². The van der Waals surface area contributed by atoms with Crippen LogP contribution in [0.1, 0.15) is 5.56 Å². The lowest BCUT2D eigenvalue weighted by Crippen LogP contribution is -1.83. The van der Waals surface area contributed by atoms with E-state index in [1.807, 2.05) is 28.7 Å². The molecular formula is C7H5BrFI. The Labute approximate surface area is 81.1 Å². The first-order valence-corrected chi connectivity index (χ1v) is 4.94. The number of rotatable bonds is 1. The summed E-state index contributed by atoms with van der Waals surface area (Å²) in [5, 5.41) is 0.709. The largest absolute Gasteiger partial charge is 0.206 e. The molecule has 1 rings (SSSR count). The van der Waals surface area contributed by atoms with E-state index >= 15 is 0 Å². The zero-order valence-electron chi connectivity index (χ0n) is 5.07. The second kappa shape index (κ2) is 3.67. The van der Waals surface area contributed by atoms with E-state index in [2.05, 4.69) is 15.9 Å². The molecule has 0 fully saturated rings. The topological polar surface area (TPSA) is 0 Å². The molecule has 3 heteroatoms. The van der Waals surface area contributed by atoms with Crippen molar-refractivity contribution in [2.24, 2.45) is 0 Å². The van der Waals surface area contributed by atoms with Crippen LogP contribution >= 0.6 is 38.5 Å². The molecule has 0 atom stereocenters. The molecule has 0 amide bonds. The average Bonchev–Trinajstić information content (AvgIpc) is 1.95. The summed E-state index contributed by atoms with van der Waals surface area (Å²) in [4.78, 5) is 0. The molecule has 0 saturated heterocycles. The Morgan fingerprint density at radius 3 is 2.70 bits per heavy atom. The van der Waals surface area contributed by atoms with Crippen molar-refractivity contribution in [2.45, 2.75) is 5.33 Å². The molecule has 0 radical (unpaired) electrons. The van der Waals surface area contributed by atoms with Gasteiger partial charge in [-0.15, -0.1) is 0 Å². The lowest BCUT2D eigenvalue weighted by atomic mass is 10.2. The minimum Gasteiger partial charge on any atom is -0.206 e. The van der Waals surface area contributed by atoms with Gasteiger partial charge < -0.3 is 0 Å². The van der Waals surface area contributed by atoms with Gasteiger partial charge in [-0.2, -0.15) is 0 Å². The summed E-state index contributed by atoms with van der Waals surface area (Å²) in [6.45, 7) is 0. The van der Waals surface area contributed by atoms with E-state index in [9.17, 15) is 4.39 Å². The molecule has 0 N–H and O–H groups in total. The fraction of sp³-hybridized carbons (Fsp3) is 0.143. The van der Waals surface area contributed by atoms with Crippen LogP contribution in [-0.2, 0) is 5.33 Å². The van der Waals surface area contributed by atoms with Crippen molar-refractivity contribution in [1.82, 2.24) is 0 Å². The van der Waals surface area contributed by atoms with Crippen LogP contribution in [0.15, 0.2) is 18.2 Å². The van der Waals surface area contributed by atoms with Crippen molar-refractivity contribution in [2.75, 3.05) is 0 Å². The van der Waals surface area contributed by atoms with Crippen LogP contribution in [0, 0.1) is 9.39 Å². The Bertz CT molecular complexity index is 237. The smallest absolute Gasteiger partial charge is 0.136 e. The van der Waals surface area contributed by atoms with E-state index < -0.39 is 0 Å². The van der Waals surface area contributed by atoms with E-state index in [0.29, 0.717) is 8.90 Å². The second-order valence-corrected chi connectivity index (χ2v) is 3.61. The zero-order chi connectivity index (χ0) is 7.56. The maximum absolute atomic E-state index is 12.7. The molecule has 1 aromatic rings. The first kappa shape index (κ1) is 8.46. The Hall–Kier alpha value is 0.360. The maximum atomic E-state index is 12.7. The lowest BCUT2D eigenvalue weighted by Gasteiger charge is -1.96. The van der Waals surface area contributed by atoms with Crippen molar-refractivity contribution < 1.29 is 4.39 Å². The summed E-state index contributed by atoms with van der Waals surface area (Å²) in [5.74, 6) is -0.141. The lowest BCUT2D eigenvalue weighted by molar-refractivity contribution is 0.619. The van der Waals surface area contributed by atoms with Gasteiger partial charge in [0.2, 0.25) is 0 Å². The summed E-state index contributed by atoms with van der Waals surface area (Å²) in [6.07, 6.45) is 0. The third-order valence-corrected chi connectivity index (χ3v) is 2.66. The third kappa shape index (κ3) is 1.92. The number of hydrogen-bond donors (Lipinski definition) is 0. The summed E-state index contributed by atoms with van der Waals surface area (Å²) < 4.78 is 13.4. The Kier molecular flexibility index (Phi) is 3.10. The van der Waals surface area contributed by atoms with E-state index in [0.717, 1.165) is 5.56 Å². The fourth-order valence-corrected chi connectivity index (χ4v) is 1.31. The van der Waals surface area contributed by atoms with Gasteiger partial charge in [-0.25, -0.2) is 4.39 Å². The maximum Gasteiger partial charge on any atom is 0.136 e. The summed E-state index contributed by atoms with van der Waals surface area (Å²) in [5.41, 5.74) is 0.970. The van der Waals surface area contributed by atoms with Gasteiger partial charge in [0.25, 0.3) is 0 Å². The highest BCUT2D eigenvalue weighted by molar-refractivity contribution is 14.1. The molecule has 0 spiro atoms. The molecule has 0 aliphatic heterocycles. The summed E-state index contributed by atoms with van der Waals surface area (Å²) >= 11 is 5.21. The number of hydrogen-bond acceptors (Lipinski definition) is 0. The predicted octanol–water partition coefficient (Wildman–Crippen LogP) is 3.33. The van der Waals surface area contributed by atoms with Gasteiger partial charge in [0.1, 0.15) is 5.82 Å². The molecule has 0 bridgehead atoms. The van der Waals surface area contributed by atoms with Crippen LogP contribution < -0.4 is 0 Å². The van der Waals surface area contributed by atoms with Gasteiger partial charge in [-0.05, 0) is 40.3 Å². The quantitative estimate of drug-likeness (QED) is 0.551. The molecule has 0 aromatic heterocycles. The van der Waals surface area contributed by atoms with E-state index in [-0.39, 0.29) is 5.82 Å². The number of alkyl halides is 1. The molecule has 0 unspecified atom stereocenters. The fourth-order valence-electron chi connectivity index (χ4n) is 0.623. The third-order valence-electron chi connectivity index (χ3n) is 1.14. The molecule has 0 nitrogen and oxygen atoms in total. The van der Waals surface area contributed by atoms with Crippen LogP contribution in [0.2, 0.25) is 0 Å². The van der Waals surface area contributed by atoms with Crippen molar-refractivity contribution in [3.8, 4) is 0 Å². The second-order valence-electron chi connectivity index (χ2n) is 1.88. The predicted molar refractivity (Wildman–Crippen MR) is 51.7 cm³/mol. The van der Waals surface area contributed by atoms with Crippen LogP contribution in [0.3, 0.4) is 0 Å². The summed E-state index contributed by atoms with van der Waals surface area (Å²) in [6, 6.07) is 5.21. The highest BCUT2D eigenvalue weighted by atomic mass is 127. The highest BCUT2D eigenvalue weighted by Gasteiger charge is 1.97. The Balaban J connectivity index is 3.04. The molecule has 0 aliphatic rings. The number of halogens is 3. The number of benzene rings is 1. The van der Waals surface area contributed by atoms with Crippen LogP contribution in [0.5, 0.6) is 0 Å². The SMILES string of the molecule is Fc1cc(CBr)ccc1I. The van der Waals surface area contributed by atoms with Gasteiger partial charge in [0.05, 0.1) is 0 Å². The molecule has 10 heavy (non-hydrogen) atoms. The van der Waals surface area contributed by atoms with Gasteiger partial charge in [-0.3, -0.25) is 0 Å². The van der Waals surface area contributed by atoms with Gasteiger partial charge in [0.15, 0.2) is 0 Å². The van der Waals surface area contributed by atoms with Crippen LogP contribution in [-0.4, -0.2) is 0 Å². The van der Waals surface area contributed by atoms with E-state index in [1.54, 1.807) is 6.07 Å². The first-order chi connectivity index (χ1) is 4.74. The monoisotopic (exact) mass is 314 g/mol. The van der Waals surface area contributed by atoms with Gasteiger partial charge in [-0.1, -0.05) is 22.0 Å². The van der Waals surface area contributed by atoms with E-state index in [4.69, 9.17) is 0 Å². The molecule has 0 saturated carbocycles. The average molecular weight is 315 g/mol. The van der Waals surface area contributed by atoms with Crippen molar-refractivity contribution in [3.05, 3.63) is 33.1 Å². The molecule has 0 heterocycles. The van der Waals surface area contributed by atoms with Crippen molar-refractivity contribution in [3.63, 3.8) is 0 Å². The van der Waals surface area contributed by atoms with Crippen molar-refractivity contribution in [1.29, 1.82) is 0 Å². The van der Waals surface area contributed by atoms with Gasteiger partial charge in [0, 0.05) is 8.90 Å². The zero-order valence-corrected chi connectivity index (χ0v) is 8.82. The Morgan fingerprint density at radius 1 is 1.50 bits per heavy atom. The Morgan fingerprint density at radius 2 is 2.20 bits per heavy atom. The minimum atomic E-state index is -0.141. The van der Waals surface area contributed by atoms with E-state index in [1.165, 1.54) is 6.07 Å². The molecule has 1 aromatic carbocycles.